The fraction of sp³-hybridized carbons (Fsp3) is 0.877. The van der Waals surface area contributed by atoms with Crippen molar-refractivity contribution in [1.82, 2.24) is 5.32 Å². The summed E-state index contributed by atoms with van der Waals surface area (Å²) >= 11 is 0. The van der Waals surface area contributed by atoms with Gasteiger partial charge in [0.2, 0.25) is 5.91 Å². The zero-order chi connectivity index (χ0) is 51.4. The smallest absolute Gasteiger partial charge is 0.305 e. The monoisotopic (exact) mass is 998 g/mol. The molecule has 0 bridgehead atoms. The lowest BCUT2D eigenvalue weighted by Gasteiger charge is -2.20. The van der Waals surface area contributed by atoms with Crippen molar-refractivity contribution >= 4 is 11.9 Å². The Bertz CT molecular complexity index is 1150. The third kappa shape index (κ3) is 57.2. The molecule has 0 rings (SSSR count). The molecule has 0 aliphatic heterocycles. The van der Waals surface area contributed by atoms with Gasteiger partial charge < -0.3 is 20.3 Å². The molecule has 1 amide bonds. The summed E-state index contributed by atoms with van der Waals surface area (Å²) in [6.45, 7) is 4.87. The van der Waals surface area contributed by atoms with Crippen LogP contribution in [-0.2, 0) is 14.3 Å². The molecule has 0 saturated carbocycles. The summed E-state index contributed by atoms with van der Waals surface area (Å²) in [5.41, 5.74) is 0. The van der Waals surface area contributed by atoms with E-state index < -0.39 is 12.1 Å². The van der Waals surface area contributed by atoms with Crippen LogP contribution in [0.3, 0.4) is 0 Å². The normalized spacial score (nSPS) is 12.8. The molecule has 418 valence electrons. The number of hydrogen-bond donors (Lipinski definition) is 3. The van der Waals surface area contributed by atoms with Gasteiger partial charge in [0.15, 0.2) is 0 Å². The average molecular weight is 999 g/mol. The number of unbranched alkanes of at least 4 members (excludes halogenated alkanes) is 44. The largest absolute Gasteiger partial charge is 0.466 e. The van der Waals surface area contributed by atoms with E-state index in [-0.39, 0.29) is 18.5 Å². The van der Waals surface area contributed by atoms with Crippen LogP contribution >= 0.6 is 0 Å². The molecule has 3 N–H and O–H groups in total. The van der Waals surface area contributed by atoms with Gasteiger partial charge in [0, 0.05) is 12.8 Å². The van der Waals surface area contributed by atoms with E-state index in [1.54, 1.807) is 6.08 Å². The van der Waals surface area contributed by atoms with Gasteiger partial charge in [0.25, 0.3) is 0 Å². The van der Waals surface area contributed by atoms with Crippen molar-refractivity contribution in [1.29, 1.82) is 0 Å². The maximum absolute atomic E-state index is 12.4. The van der Waals surface area contributed by atoms with Crippen LogP contribution in [0.25, 0.3) is 0 Å². The maximum atomic E-state index is 12.4. The van der Waals surface area contributed by atoms with Crippen molar-refractivity contribution in [2.45, 2.75) is 353 Å². The van der Waals surface area contributed by atoms with Crippen LogP contribution < -0.4 is 5.32 Å². The SMILES string of the molecule is CCCCCC/C=C\C/C=C\CCCCCCCC(=O)OCCCCCCCCCCCCCCCCCCCCCCCCCCCCCCCC(=O)NC(CO)C(O)/C=C/CCCCCCCCC. The van der Waals surface area contributed by atoms with Gasteiger partial charge in [0.1, 0.15) is 0 Å². The predicted octanol–water partition coefficient (Wildman–Crippen LogP) is 20.0. The quantitative estimate of drug-likeness (QED) is 0.0321. The number of hydrogen-bond acceptors (Lipinski definition) is 5. The zero-order valence-electron chi connectivity index (χ0n) is 47.7. The molecule has 2 unspecified atom stereocenters. The first kappa shape index (κ1) is 69.1. The lowest BCUT2D eigenvalue weighted by Crippen LogP contribution is -2.45. The highest BCUT2D eigenvalue weighted by molar-refractivity contribution is 5.76. The number of aliphatic hydroxyl groups is 2. The molecule has 0 aliphatic carbocycles. The lowest BCUT2D eigenvalue weighted by atomic mass is 10.0. The van der Waals surface area contributed by atoms with Crippen molar-refractivity contribution in [3.63, 3.8) is 0 Å². The Labute approximate surface area is 443 Å². The summed E-state index contributed by atoms with van der Waals surface area (Å²) in [6, 6.07) is -0.623. The number of ether oxygens (including phenoxy) is 1. The molecule has 71 heavy (non-hydrogen) atoms. The minimum absolute atomic E-state index is 0.00551. The molecule has 0 aromatic carbocycles. The first-order valence-electron chi connectivity index (χ1n) is 31.8. The minimum atomic E-state index is -0.839. The molecular weight excluding hydrogens is 875 g/mol. The molecule has 0 saturated heterocycles. The molecular formula is C65H123NO5. The number of allylic oxidation sites excluding steroid dienone is 5. The Kier molecular flexibility index (Phi) is 59.0. The van der Waals surface area contributed by atoms with Crippen LogP contribution in [-0.4, -0.2) is 47.4 Å². The third-order valence-electron chi connectivity index (χ3n) is 14.7. The Morgan fingerprint density at radius 3 is 1.08 bits per heavy atom. The Hall–Kier alpha value is -1.92. The van der Waals surface area contributed by atoms with E-state index in [9.17, 15) is 19.8 Å². The molecule has 6 heteroatoms. The molecule has 0 aromatic heterocycles. The van der Waals surface area contributed by atoms with E-state index >= 15 is 0 Å². The van der Waals surface area contributed by atoms with Crippen molar-refractivity contribution < 1.29 is 24.5 Å². The number of amides is 1. The summed E-state index contributed by atoms with van der Waals surface area (Å²) in [7, 11) is 0. The number of aliphatic hydroxyl groups excluding tert-OH is 2. The van der Waals surface area contributed by atoms with Gasteiger partial charge >= 0.3 is 5.97 Å². The van der Waals surface area contributed by atoms with Crippen LogP contribution in [0, 0.1) is 0 Å². The molecule has 2 atom stereocenters. The maximum Gasteiger partial charge on any atom is 0.305 e. The highest BCUT2D eigenvalue weighted by atomic mass is 16.5. The molecule has 0 radical (unpaired) electrons. The fourth-order valence-electron chi connectivity index (χ4n) is 9.78. The van der Waals surface area contributed by atoms with E-state index in [0.29, 0.717) is 19.4 Å². The second kappa shape index (κ2) is 60.6. The van der Waals surface area contributed by atoms with Gasteiger partial charge in [-0.05, 0) is 64.2 Å². The summed E-state index contributed by atoms with van der Waals surface area (Å²) in [5, 5.41) is 23.0. The topological polar surface area (TPSA) is 95.9 Å². The summed E-state index contributed by atoms with van der Waals surface area (Å²) in [5.74, 6) is -0.0611. The van der Waals surface area contributed by atoms with Crippen LogP contribution in [0.5, 0.6) is 0 Å². The molecule has 0 aromatic rings. The van der Waals surface area contributed by atoms with Gasteiger partial charge in [-0.25, -0.2) is 0 Å². The molecule has 0 heterocycles. The summed E-state index contributed by atoms with van der Waals surface area (Å²) in [6.07, 6.45) is 76.4. The zero-order valence-corrected chi connectivity index (χ0v) is 47.7. The molecule has 0 fully saturated rings. The minimum Gasteiger partial charge on any atom is -0.466 e. The average Bonchev–Trinajstić information content (AvgIpc) is 3.37. The van der Waals surface area contributed by atoms with Crippen LogP contribution in [0.2, 0.25) is 0 Å². The number of nitrogens with one attached hydrogen (secondary N) is 1. The van der Waals surface area contributed by atoms with E-state index in [0.717, 1.165) is 51.4 Å². The van der Waals surface area contributed by atoms with Crippen LogP contribution in [0.4, 0.5) is 0 Å². The van der Waals surface area contributed by atoms with Crippen molar-refractivity contribution in [2.75, 3.05) is 13.2 Å². The number of rotatable bonds is 59. The third-order valence-corrected chi connectivity index (χ3v) is 14.7. The highest BCUT2D eigenvalue weighted by Gasteiger charge is 2.18. The summed E-state index contributed by atoms with van der Waals surface area (Å²) in [4.78, 5) is 24.5. The van der Waals surface area contributed by atoms with Gasteiger partial charge in [0.05, 0.1) is 25.4 Å². The van der Waals surface area contributed by atoms with Crippen LogP contribution in [0.1, 0.15) is 341 Å². The van der Waals surface area contributed by atoms with Crippen LogP contribution in [0.15, 0.2) is 36.5 Å². The van der Waals surface area contributed by atoms with Gasteiger partial charge in [-0.15, -0.1) is 0 Å². The van der Waals surface area contributed by atoms with E-state index in [2.05, 4.69) is 43.5 Å². The van der Waals surface area contributed by atoms with Crippen molar-refractivity contribution in [2.24, 2.45) is 0 Å². The Morgan fingerprint density at radius 1 is 0.394 bits per heavy atom. The molecule has 0 aliphatic rings. The lowest BCUT2D eigenvalue weighted by molar-refractivity contribution is -0.143. The Balaban J connectivity index is 3.32. The van der Waals surface area contributed by atoms with E-state index in [1.807, 2.05) is 6.08 Å². The number of carbonyl (C=O) groups excluding carboxylic acids is 2. The first-order chi connectivity index (χ1) is 35.0. The molecule has 0 spiro atoms. The predicted molar refractivity (Wildman–Crippen MR) is 310 cm³/mol. The molecule has 6 nitrogen and oxygen atoms in total. The number of carbonyl (C=O) groups is 2. The second-order valence-corrected chi connectivity index (χ2v) is 21.7. The first-order valence-corrected chi connectivity index (χ1v) is 31.8. The standard InChI is InChI=1S/C65H123NO5/c1-3-5-7-9-11-13-14-15-16-33-36-39-43-47-51-55-59-65(70)71-60-56-52-48-44-40-37-34-31-29-27-25-23-21-19-17-18-20-22-24-26-28-30-32-35-38-42-46-50-54-58-64(69)66-62(61-67)63(68)57-53-49-45-41-12-10-8-6-4-2/h13-14,16,33,53,57,62-63,67-68H,3-12,15,17-32,34-52,54-56,58-61H2,1-2H3,(H,66,69)/b14-13-,33-16-,57-53+. The number of esters is 1. The Morgan fingerprint density at radius 2 is 0.704 bits per heavy atom. The summed E-state index contributed by atoms with van der Waals surface area (Å²) < 4.78 is 5.49. The highest BCUT2D eigenvalue weighted by Crippen LogP contribution is 2.18. The van der Waals surface area contributed by atoms with Gasteiger partial charge in [-0.2, -0.15) is 0 Å². The van der Waals surface area contributed by atoms with Crippen molar-refractivity contribution in [3.05, 3.63) is 36.5 Å². The van der Waals surface area contributed by atoms with E-state index in [4.69, 9.17) is 4.74 Å². The van der Waals surface area contributed by atoms with Gasteiger partial charge in [-0.3, -0.25) is 9.59 Å². The fourth-order valence-corrected chi connectivity index (χ4v) is 9.78. The van der Waals surface area contributed by atoms with Crippen molar-refractivity contribution in [3.8, 4) is 0 Å². The van der Waals surface area contributed by atoms with E-state index in [1.165, 1.54) is 263 Å². The van der Waals surface area contributed by atoms with Gasteiger partial charge in [-0.1, -0.05) is 301 Å². The second-order valence-electron chi connectivity index (χ2n) is 21.7.